The van der Waals surface area contributed by atoms with E-state index in [9.17, 15) is 9.59 Å². The highest BCUT2D eigenvalue weighted by Crippen LogP contribution is 2.17. The maximum absolute atomic E-state index is 11.6. The number of rotatable bonds is 2. The molecular weight excluding hydrogens is 216 g/mol. The van der Waals surface area contributed by atoms with Gasteiger partial charge in [-0.3, -0.25) is 9.59 Å². The molecule has 2 N–H and O–H groups in total. The lowest BCUT2D eigenvalue weighted by Crippen LogP contribution is -2.40. The van der Waals surface area contributed by atoms with E-state index in [0.29, 0.717) is 5.69 Å². The second-order valence-corrected chi connectivity index (χ2v) is 4.27. The van der Waals surface area contributed by atoms with Crippen LogP contribution in [0.15, 0.2) is 30.3 Å². The fourth-order valence-electron chi connectivity index (χ4n) is 2.03. The fraction of sp³-hybridized carbons (Fsp3) is 0.385. The van der Waals surface area contributed by atoms with Crippen molar-refractivity contribution in [3.8, 4) is 0 Å². The van der Waals surface area contributed by atoms with Crippen LogP contribution in [0.4, 0.5) is 5.69 Å². The summed E-state index contributed by atoms with van der Waals surface area (Å²) in [5.41, 5.74) is 0.638. The number of hydrogen-bond acceptors (Lipinski definition) is 2. The van der Waals surface area contributed by atoms with Crippen molar-refractivity contribution < 1.29 is 9.59 Å². The Kier molecular flexibility index (Phi) is 3.75. The van der Waals surface area contributed by atoms with Crippen molar-refractivity contribution in [3.63, 3.8) is 0 Å². The van der Waals surface area contributed by atoms with E-state index < -0.39 is 11.8 Å². The lowest BCUT2D eigenvalue weighted by Gasteiger charge is -2.11. The normalized spacial score (nSPS) is 15.5. The quantitative estimate of drug-likeness (QED) is 0.762. The summed E-state index contributed by atoms with van der Waals surface area (Å²) in [5, 5.41) is 5.31. The molecule has 0 heterocycles. The standard InChI is InChI=1S/C13H16N2O2/c16-12(14-10-6-2-1-3-7-10)13(17)15-11-8-4-5-9-11/h1-3,6-7,11H,4-5,8-9H2,(H,14,16)(H,15,17). The summed E-state index contributed by atoms with van der Waals surface area (Å²) in [7, 11) is 0. The van der Waals surface area contributed by atoms with Crippen LogP contribution in [0.2, 0.25) is 0 Å². The Hall–Kier alpha value is -1.84. The molecule has 2 amide bonds. The van der Waals surface area contributed by atoms with Gasteiger partial charge in [0.15, 0.2) is 0 Å². The molecule has 90 valence electrons. The van der Waals surface area contributed by atoms with Gasteiger partial charge in [0.25, 0.3) is 0 Å². The minimum atomic E-state index is -0.594. The van der Waals surface area contributed by atoms with Gasteiger partial charge in [-0.2, -0.15) is 0 Å². The fourth-order valence-corrected chi connectivity index (χ4v) is 2.03. The van der Waals surface area contributed by atoms with E-state index >= 15 is 0 Å². The molecule has 4 heteroatoms. The molecule has 1 saturated carbocycles. The minimum Gasteiger partial charge on any atom is -0.345 e. The van der Waals surface area contributed by atoms with Crippen molar-refractivity contribution in [1.82, 2.24) is 5.32 Å². The van der Waals surface area contributed by atoms with Gasteiger partial charge >= 0.3 is 11.8 Å². The number of benzene rings is 1. The van der Waals surface area contributed by atoms with Crippen LogP contribution >= 0.6 is 0 Å². The Labute approximate surface area is 100 Å². The van der Waals surface area contributed by atoms with Crippen molar-refractivity contribution in [1.29, 1.82) is 0 Å². The molecular formula is C13H16N2O2. The lowest BCUT2D eigenvalue weighted by molar-refractivity contribution is -0.136. The topological polar surface area (TPSA) is 58.2 Å². The Balaban J connectivity index is 1.85. The van der Waals surface area contributed by atoms with Crippen LogP contribution in [0.3, 0.4) is 0 Å². The molecule has 4 nitrogen and oxygen atoms in total. The smallest absolute Gasteiger partial charge is 0.313 e. The summed E-state index contributed by atoms with van der Waals surface area (Å²) in [6, 6.07) is 9.15. The first kappa shape index (κ1) is 11.6. The van der Waals surface area contributed by atoms with Gasteiger partial charge in [-0.05, 0) is 25.0 Å². The van der Waals surface area contributed by atoms with Crippen LogP contribution in [0.5, 0.6) is 0 Å². The maximum atomic E-state index is 11.6. The minimum absolute atomic E-state index is 0.170. The van der Waals surface area contributed by atoms with Crippen molar-refractivity contribution in [2.24, 2.45) is 0 Å². The monoisotopic (exact) mass is 232 g/mol. The highest BCUT2D eigenvalue weighted by atomic mass is 16.2. The van der Waals surface area contributed by atoms with E-state index in [2.05, 4.69) is 10.6 Å². The molecule has 1 aromatic carbocycles. The first-order valence-electron chi connectivity index (χ1n) is 5.92. The third-order valence-electron chi connectivity index (χ3n) is 2.93. The number of carbonyl (C=O) groups is 2. The second-order valence-electron chi connectivity index (χ2n) is 4.27. The van der Waals surface area contributed by atoms with Gasteiger partial charge in [-0.1, -0.05) is 31.0 Å². The third kappa shape index (κ3) is 3.31. The zero-order valence-corrected chi connectivity index (χ0v) is 9.61. The molecule has 0 radical (unpaired) electrons. The molecule has 0 unspecified atom stereocenters. The molecule has 0 spiro atoms. The maximum Gasteiger partial charge on any atom is 0.313 e. The van der Waals surface area contributed by atoms with E-state index in [1.54, 1.807) is 12.1 Å². The molecule has 17 heavy (non-hydrogen) atoms. The predicted molar refractivity (Wildman–Crippen MR) is 65.5 cm³/mol. The number of para-hydroxylation sites is 1. The van der Waals surface area contributed by atoms with E-state index in [-0.39, 0.29) is 6.04 Å². The Morgan fingerprint density at radius 2 is 1.65 bits per heavy atom. The second kappa shape index (κ2) is 5.48. The molecule has 1 aliphatic carbocycles. The predicted octanol–water partition coefficient (Wildman–Crippen LogP) is 1.68. The molecule has 1 aliphatic rings. The average Bonchev–Trinajstić information content (AvgIpc) is 2.83. The van der Waals surface area contributed by atoms with Gasteiger partial charge in [0.2, 0.25) is 0 Å². The number of hydrogen-bond donors (Lipinski definition) is 2. The van der Waals surface area contributed by atoms with Crippen molar-refractivity contribution in [2.75, 3.05) is 5.32 Å². The van der Waals surface area contributed by atoms with Gasteiger partial charge < -0.3 is 10.6 Å². The molecule has 0 atom stereocenters. The van der Waals surface area contributed by atoms with Crippen LogP contribution in [0, 0.1) is 0 Å². The van der Waals surface area contributed by atoms with Crippen LogP contribution in [-0.2, 0) is 9.59 Å². The largest absolute Gasteiger partial charge is 0.345 e. The van der Waals surface area contributed by atoms with Crippen molar-refractivity contribution >= 4 is 17.5 Å². The van der Waals surface area contributed by atoms with Gasteiger partial charge in [-0.25, -0.2) is 0 Å². The Bertz CT molecular complexity index is 397. The van der Waals surface area contributed by atoms with Gasteiger partial charge in [0, 0.05) is 11.7 Å². The molecule has 0 bridgehead atoms. The van der Waals surface area contributed by atoms with Crippen molar-refractivity contribution in [3.05, 3.63) is 30.3 Å². The van der Waals surface area contributed by atoms with E-state index in [1.807, 2.05) is 18.2 Å². The average molecular weight is 232 g/mol. The first-order valence-corrected chi connectivity index (χ1v) is 5.92. The summed E-state index contributed by atoms with van der Waals surface area (Å²) in [6.07, 6.45) is 4.21. The number of amides is 2. The van der Waals surface area contributed by atoms with Crippen LogP contribution in [-0.4, -0.2) is 17.9 Å². The third-order valence-corrected chi connectivity index (χ3v) is 2.93. The van der Waals surface area contributed by atoms with Gasteiger partial charge in [0.1, 0.15) is 0 Å². The van der Waals surface area contributed by atoms with Gasteiger partial charge in [-0.15, -0.1) is 0 Å². The van der Waals surface area contributed by atoms with E-state index in [1.165, 1.54) is 0 Å². The summed E-state index contributed by atoms with van der Waals surface area (Å²) >= 11 is 0. The molecule has 1 fully saturated rings. The van der Waals surface area contributed by atoms with Crippen molar-refractivity contribution in [2.45, 2.75) is 31.7 Å². The SMILES string of the molecule is O=C(Nc1ccccc1)C(=O)NC1CCCC1. The zero-order valence-electron chi connectivity index (χ0n) is 9.61. The molecule has 0 aromatic heterocycles. The summed E-state index contributed by atoms with van der Waals surface area (Å²) in [6.45, 7) is 0. The summed E-state index contributed by atoms with van der Waals surface area (Å²) < 4.78 is 0. The molecule has 2 rings (SSSR count). The van der Waals surface area contributed by atoms with E-state index in [0.717, 1.165) is 25.7 Å². The Morgan fingerprint density at radius 3 is 2.29 bits per heavy atom. The molecule has 0 saturated heterocycles. The lowest BCUT2D eigenvalue weighted by atomic mass is 10.2. The van der Waals surface area contributed by atoms with Crippen LogP contribution < -0.4 is 10.6 Å². The summed E-state index contributed by atoms with van der Waals surface area (Å²) in [4.78, 5) is 23.2. The van der Waals surface area contributed by atoms with Crippen LogP contribution in [0.25, 0.3) is 0 Å². The first-order chi connectivity index (χ1) is 8.25. The highest BCUT2D eigenvalue weighted by molar-refractivity contribution is 6.39. The van der Waals surface area contributed by atoms with Crippen LogP contribution in [0.1, 0.15) is 25.7 Å². The van der Waals surface area contributed by atoms with E-state index in [4.69, 9.17) is 0 Å². The number of nitrogens with one attached hydrogen (secondary N) is 2. The molecule has 1 aromatic rings. The van der Waals surface area contributed by atoms with Gasteiger partial charge in [0.05, 0.1) is 0 Å². The number of anilines is 1. The zero-order chi connectivity index (χ0) is 12.1. The Morgan fingerprint density at radius 1 is 1.00 bits per heavy atom. The number of carbonyl (C=O) groups excluding carboxylic acids is 2. The highest BCUT2D eigenvalue weighted by Gasteiger charge is 2.21. The summed E-state index contributed by atoms with van der Waals surface area (Å²) in [5.74, 6) is -1.14. The molecule has 0 aliphatic heterocycles.